The first-order valence-electron chi connectivity index (χ1n) is 9.28. The first-order chi connectivity index (χ1) is 14.7. The molecule has 0 unspecified atom stereocenters. The molecule has 1 aromatic carbocycles. The van der Waals surface area contributed by atoms with Gasteiger partial charge in [-0.3, -0.25) is 14.2 Å². The monoisotopic (exact) mass is 437 g/mol. The summed E-state index contributed by atoms with van der Waals surface area (Å²) in [5.74, 6) is 0.667. The fraction of sp³-hybridized carbons (Fsp3) is 0.136. The minimum Gasteiger partial charge on any atom is -0.467 e. The molecular formula is C22H19N3O3S2. The lowest BCUT2D eigenvalue weighted by atomic mass is 10.2. The van der Waals surface area contributed by atoms with E-state index in [2.05, 4.69) is 16.9 Å². The summed E-state index contributed by atoms with van der Waals surface area (Å²) in [6, 6.07) is 15.4. The van der Waals surface area contributed by atoms with Crippen LogP contribution in [0.5, 0.6) is 0 Å². The van der Waals surface area contributed by atoms with Crippen LogP contribution in [0.15, 0.2) is 81.8 Å². The molecule has 30 heavy (non-hydrogen) atoms. The number of fused-ring (bicyclic) bond motifs is 1. The maximum atomic E-state index is 13.1. The quantitative estimate of drug-likeness (QED) is 0.252. The summed E-state index contributed by atoms with van der Waals surface area (Å²) in [5, 5.41) is 3.30. The fourth-order valence-corrected chi connectivity index (χ4v) is 4.80. The number of benzene rings is 1. The Balaban J connectivity index is 1.58. The number of hydrogen-bond acceptors (Lipinski definition) is 6. The Bertz CT molecular complexity index is 1230. The first kappa shape index (κ1) is 20.2. The average molecular weight is 438 g/mol. The Labute approximate surface area is 181 Å². The SMILES string of the molecule is C=CCn1c(SCC(=O)NCc2ccco2)nc2cc(-c3ccccc3)sc2c1=O. The van der Waals surface area contributed by atoms with Gasteiger partial charge in [0.1, 0.15) is 10.5 Å². The van der Waals surface area contributed by atoms with Gasteiger partial charge in [0.05, 0.1) is 24.1 Å². The molecule has 0 aliphatic rings. The van der Waals surface area contributed by atoms with Crippen LogP contribution in [0.2, 0.25) is 0 Å². The minimum atomic E-state index is -0.161. The lowest BCUT2D eigenvalue weighted by molar-refractivity contribution is -0.118. The van der Waals surface area contributed by atoms with E-state index in [4.69, 9.17) is 4.42 Å². The number of thiophene rings is 1. The molecule has 0 aliphatic carbocycles. The van der Waals surface area contributed by atoms with E-state index in [-0.39, 0.29) is 17.2 Å². The molecule has 0 atom stereocenters. The van der Waals surface area contributed by atoms with E-state index in [1.54, 1.807) is 29.0 Å². The lowest BCUT2D eigenvalue weighted by Crippen LogP contribution is -2.26. The van der Waals surface area contributed by atoms with Crippen molar-refractivity contribution in [3.05, 3.63) is 83.6 Å². The van der Waals surface area contributed by atoms with Crippen LogP contribution in [0.1, 0.15) is 5.76 Å². The third-order valence-electron chi connectivity index (χ3n) is 4.34. The van der Waals surface area contributed by atoms with Crippen molar-refractivity contribution >= 4 is 39.2 Å². The highest BCUT2D eigenvalue weighted by molar-refractivity contribution is 7.99. The van der Waals surface area contributed by atoms with Crippen molar-refractivity contribution in [2.75, 3.05) is 5.75 Å². The van der Waals surface area contributed by atoms with Gasteiger partial charge in [-0.1, -0.05) is 48.2 Å². The predicted octanol–water partition coefficient (Wildman–Crippen LogP) is 4.31. The minimum absolute atomic E-state index is 0.120. The third kappa shape index (κ3) is 4.39. The second-order valence-corrected chi connectivity index (χ2v) is 8.43. The van der Waals surface area contributed by atoms with E-state index < -0.39 is 0 Å². The van der Waals surface area contributed by atoms with Crippen LogP contribution >= 0.6 is 23.1 Å². The first-order valence-corrected chi connectivity index (χ1v) is 11.1. The summed E-state index contributed by atoms with van der Waals surface area (Å²) in [6.45, 7) is 4.39. The van der Waals surface area contributed by atoms with Gasteiger partial charge in [-0.05, 0) is 23.8 Å². The van der Waals surface area contributed by atoms with E-state index in [1.807, 2.05) is 36.4 Å². The number of aromatic nitrogens is 2. The van der Waals surface area contributed by atoms with Gasteiger partial charge in [0.15, 0.2) is 5.16 Å². The second kappa shape index (κ2) is 9.15. The van der Waals surface area contributed by atoms with Gasteiger partial charge in [-0.25, -0.2) is 4.98 Å². The van der Waals surface area contributed by atoms with Gasteiger partial charge < -0.3 is 9.73 Å². The zero-order valence-corrected chi connectivity index (χ0v) is 17.7. The van der Waals surface area contributed by atoms with Crippen LogP contribution in [-0.4, -0.2) is 21.2 Å². The summed E-state index contributed by atoms with van der Waals surface area (Å²) >= 11 is 2.66. The van der Waals surface area contributed by atoms with Crippen molar-refractivity contribution in [3.63, 3.8) is 0 Å². The molecule has 0 spiro atoms. The average Bonchev–Trinajstić information content (AvgIpc) is 3.44. The number of amides is 1. The molecule has 1 amide bonds. The highest BCUT2D eigenvalue weighted by Crippen LogP contribution is 2.31. The maximum absolute atomic E-state index is 13.1. The summed E-state index contributed by atoms with van der Waals surface area (Å²) < 4.78 is 7.37. The number of hydrogen-bond donors (Lipinski definition) is 1. The number of carbonyl (C=O) groups is 1. The van der Waals surface area contributed by atoms with Crippen LogP contribution in [-0.2, 0) is 17.9 Å². The third-order valence-corrected chi connectivity index (χ3v) is 6.48. The van der Waals surface area contributed by atoms with E-state index in [9.17, 15) is 9.59 Å². The highest BCUT2D eigenvalue weighted by atomic mass is 32.2. The van der Waals surface area contributed by atoms with E-state index in [1.165, 1.54) is 23.1 Å². The predicted molar refractivity (Wildman–Crippen MR) is 121 cm³/mol. The number of rotatable bonds is 8. The molecule has 0 saturated heterocycles. The Morgan fingerprint density at radius 2 is 2.10 bits per heavy atom. The van der Waals surface area contributed by atoms with E-state index in [0.717, 1.165) is 10.4 Å². The van der Waals surface area contributed by atoms with Crippen LogP contribution in [0.25, 0.3) is 20.7 Å². The van der Waals surface area contributed by atoms with Crippen LogP contribution in [0.3, 0.4) is 0 Å². The van der Waals surface area contributed by atoms with Crippen LogP contribution in [0.4, 0.5) is 0 Å². The van der Waals surface area contributed by atoms with Crippen molar-refractivity contribution in [1.29, 1.82) is 0 Å². The van der Waals surface area contributed by atoms with E-state index in [0.29, 0.717) is 34.2 Å². The molecule has 4 rings (SSSR count). The molecular weight excluding hydrogens is 418 g/mol. The number of nitrogens with one attached hydrogen (secondary N) is 1. The highest BCUT2D eigenvalue weighted by Gasteiger charge is 2.16. The van der Waals surface area contributed by atoms with Crippen molar-refractivity contribution in [3.8, 4) is 10.4 Å². The van der Waals surface area contributed by atoms with Crippen molar-refractivity contribution in [2.24, 2.45) is 0 Å². The van der Waals surface area contributed by atoms with Crippen molar-refractivity contribution in [1.82, 2.24) is 14.9 Å². The Hall–Kier alpha value is -3.10. The summed E-state index contributed by atoms with van der Waals surface area (Å²) in [4.78, 5) is 30.9. The molecule has 0 bridgehead atoms. The molecule has 0 radical (unpaired) electrons. The number of allylic oxidation sites excluding steroid dienone is 1. The largest absolute Gasteiger partial charge is 0.467 e. The topological polar surface area (TPSA) is 77.1 Å². The van der Waals surface area contributed by atoms with Gasteiger partial charge >= 0.3 is 0 Å². The molecule has 4 aromatic rings. The standard InChI is InChI=1S/C22H19N3O3S2/c1-2-10-25-21(27)20-17(12-18(30-20)15-7-4-3-5-8-15)24-22(25)29-14-19(26)23-13-16-9-6-11-28-16/h2-9,11-12H,1,10,13-14H2,(H,23,26). The molecule has 3 aromatic heterocycles. The fourth-order valence-electron chi connectivity index (χ4n) is 2.92. The van der Waals surface area contributed by atoms with E-state index >= 15 is 0 Å². The Morgan fingerprint density at radius 1 is 1.27 bits per heavy atom. The number of carbonyl (C=O) groups excluding carboxylic acids is 1. The second-order valence-electron chi connectivity index (χ2n) is 6.43. The molecule has 0 saturated carbocycles. The zero-order valence-electron chi connectivity index (χ0n) is 16.0. The number of nitrogens with zero attached hydrogens (tertiary/aromatic N) is 2. The van der Waals surface area contributed by atoms with Crippen molar-refractivity contribution < 1.29 is 9.21 Å². The molecule has 1 N–H and O–H groups in total. The summed E-state index contributed by atoms with van der Waals surface area (Å²) in [5.41, 5.74) is 1.56. The summed E-state index contributed by atoms with van der Waals surface area (Å²) in [7, 11) is 0. The lowest BCUT2D eigenvalue weighted by Gasteiger charge is -2.10. The molecule has 3 heterocycles. The maximum Gasteiger partial charge on any atom is 0.272 e. The van der Waals surface area contributed by atoms with Gasteiger partial charge in [0.2, 0.25) is 5.91 Å². The normalized spacial score (nSPS) is 10.9. The Kier molecular flexibility index (Phi) is 6.15. The van der Waals surface area contributed by atoms with Gasteiger partial charge in [0.25, 0.3) is 5.56 Å². The van der Waals surface area contributed by atoms with Crippen molar-refractivity contribution in [2.45, 2.75) is 18.2 Å². The van der Waals surface area contributed by atoms with Crippen LogP contribution in [0, 0.1) is 0 Å². The van der Waals surface area contributed by atoms with Gasteiger partial charge in [0, 0.05) is 11.4 Å². The number of furan rings is 1. The number of thioether (sulfide) groups is 1. The Morgan fingerprint density at radius 3 is 2.83 bits per heavy atom. The molecule has 6 nitrogen and oxygen atoms in total. The van der Waals surface area contributed by atoms with Gasteiger partial charge in [-0.2, -0.15) is 0 Å². The molecule has 0 aliphatic heterocycles. The van der Waals surface area contributed by atoms with Crippen LogP contribution < -0.4 is 10.9 Å². The summed E-state index contributed by atoms with van der Waals surface area (Å²) in [6.07, 6.45) is 3.22. The van der Waals surface area contributed by atoms with Gasteiger partial charge in [-0.15, -0.1) is 17.9 Å². The smallest absolute Gasteiger partial charge is 0.272 e. The zero-order chi connectivity index (χ0) is 20.9. The molecule has 0 fully saturated rings. The molecule has 8 heteroatoms. The molecule has 152 valence electrons.